The molecule has 0 bridgehead atoms. The summed E-state index contributed by atoms with van der Waals surface area (Å²) in [6.45, 7) is 2.00. The summed E-state index contributed by atoms with van der Waals surface area (Å²) in [5.41, 5.74) is 0.364. The fourth-order valence-electron chi connectivity index (χ4n) is 1.91. The van der Waals surface area contributed by atoms with Gasteiger partial charge in [0.1, 0.15) is 6.61 Å². The first kappa shape index (κ1) is 17.4. The quantitative estimate of drug-likeness (QED) is 0.526. The zero-order valence-corrected chi connectivity index (χ0v) is 14.6. The van der Waals surface area contributed by atoms with Crippen molar-refractivity contribution in [1.82, 2.24) is 0 Å². The van der Waals surface area contributed by atoms with Gasteiger partial charge in [-0.15, -0.1) is 4.52 Å². The normalized spacial score (nSPS) is 11.4. The number of carbonyl (C=O) groups is 1. The first-order valence-electron chi connectivity index (χ1n) is 6.34. The standard InChI is InChI=1S/C15H11Cl3O3P/c1-2-21-22(20)13-6-4-3-5-10(13)15(19)14-11(17)7-9(16)8-12(14)18/h3-8H,2H2,1H3/q+1. The van der Waals surface area contributed by atoms with Gasteiger partial charge in [0.05, 0.1) is 21.2 Å². The van der Waals surface area contributed by atoms with Gasteiger partial charge in [0, 0.05) is 5.02 Å². The topological polar surface area (TPSA) is 43.4 Å². The van der Waals surface area contributed by atoms with Crippen LogP contribution in [0, 0.1) is 0 Å². The monoisotopic (exact) mass is 375 g/mol. The zero-order chi connectivity index (χ0) is 16.3. The molecule has 0 fully saturated rings. The third kappa shape index (κ3) is 3.68. The zero-order valence-electron chi connectivity index (χ0n) is 11.5. The van der Waals surface area contributed by atoms with Gasteiger partial charge >= 0.3 is 8.03 Å². The van der Waals surface area contributed by atoms with Gasteiger partial charge < -0.3 is 0 Å². The van der Waals surface area contributed by atoms with Crippen molar-refractivity contribution < 1.29 is 13.9 Å². The third-order valence-corrected chi connectivity index (χ3v) is 4.92. The van der Waals surface area contributed by atoms with E-state index >= 15 is 0 Å². The largest absolute Gasteiger partial charge is 0.549 e. The Bertz CT molecular complexity index is 724. The van der Waals surface area contributed by atoms with Crippen LogP contribution in [-0.2, 0) is 9.09 Å². The molecule has 0 saturated heterocycles. The van der Waals surface area contributed by atoms with Gasteiger partial charge in [0.25, 0.3) is 0 Å². The summed E-state index contributed by atoms with van der Waals surface area (Å²) in [5.74, 6) is -0.426. The number of carbonyl (C=O) groups excluding carboxylic acids is 1. The van der Waals surface area contributed by atoms with Gasteiger partial charge in [-0.25, -0.2) is 0 Å². The summed E-state index contributed by atoms with van der Waals surface area (Å²) in [6.07, 6.45) is 0. The van der Waals surface area contributed by atoms with Crippen molar-refractivity contribution in [2.45, 2.75) is 6.92 Å². The summed E-state index contributed by atoms with van der Waals surface area (Å²) in [7, 11) is -2.13. The van der Waals surface area contributed by atoms with Crippen LogP contribution >= 0.6 is 42.8 Å². The van der Waals surface area contributed by atoms with Gasteiger partial charge in [0.2, 0.25) is 11.1 Å². The lowest BCUT2D eigenvalue weighted by Crippen LogP contribution is -2.14. The molecule has 0 saturated carbocycles. The molecule has 0 radical (unpaired) electrons. The predicted octanol–water partition coefficient (Wildman–Crippen LogP) is 5.28. The van der Waals surface area contributed by atoms with Crippen LogP contribution in [0.25, 0.3) is 0 Å². The van der Waals surface area contributed by atoms with Crippen molar-refractivity contribution in [3.63, 3.8) is 0 Å². The van der Waals surface area contributed by atoms with Crippen LogP contribution in [0.1, 0.15) is 22.8 Å². The van der Waals surface area contributed by atoms with Gasteiger partial charge in [-0.3, -0.25) is 4.79 Å². The van der Waals surface area contributed by atoms with Crippen LogP contribution in [0.4, 0.5) is 0 Å². The highest BCUT2D eigenvalue weighted by Crippen LogP contribution is 2.32. The van der Waals surface area contributed by atoms with E-state index in [9.17, 15) is 9.36 Å². The van der Waals surface area contributed by atoms with Gasteiger partial charge in [0.15, 0.2) is 0 Å². The van der Waals surface area contributed by atoms with Crippen molar-refractivity contribution in [3.05, 3.63) is 62.6 Å². The minimum atomic E-state index is -2.13. The third-order valence-electron chi connectivity index (χ3n) is 2.83. The summed E-state index contributed by atoms with van der Waals surface area (Å²) in [6, 6.07) is 9.37. The lowest BCUT2D eigenvalue weighted by Gasteiger charge is -2.07. The molecule has 0 aliphatic heterocycles. The van der Waals surface area contributed by atoms with E-state index in [1.807, 2.05) is 0 Å². The maximum atomic E-state index is 12.7. The molecular formula is C15H11Cl3O3P+. The molecule has 0 heterocycles. The molecule has 2 rings (SSSR count). The lowest BCUT2D eigenvalue weighted by molar-refractivity contribution is 0.104. The molecule has 22 heavy (non-hydrogen) atoms. The number of ketones is 1. The molecule has 7 heteroatoms. The molecule has 3 nitrogen and oxygen atoms in total. The smallest absolute Gasteiger partial charge is 0.288 e. The maximum absolute atomic E-state index is 12.7. The number of hydrogen-bond acceptors (Lipinski definition) is 3. The number of rotatable bonds is 5. The summed E-state index contributed by atoms with van der Waals surface area (Å²) in [4.78, 5) is 12.7. The second-order valence-corrected chi connectivity index (χ2v) is 6.77. The molecular weight excluding hydrogens is 365 g/mol. The summed E-state index contributed by atoms with van der Waals surface area (Å²) < 4.78 is 17.2. The molecule has 2 aromatic carbocycles. The van der Waals surface area contributed by atoms with E-state index in [2.05, 4.69) is 0 Å². The molecule has 1 atom stereocenters. The Morgan fingerprint density at radius 2 is 1.73 bits per heavy atom. The average molecular weight is 377 g/mol. The molecule has 114 valence electrons. The second kappa shape index (κ2) is 7.54. The Labute approximate surface area is 144 Å². The minimum absolute atomic E-state index is 0.125. The average Bonchev–Trinajstić information content (AvgIpc) is 2.46. The van der Waals surface area contributed by atoms with E-state index in [-0.39, 0.29) is 27.8 Å². The van der Waals surface area contributed by atoms with Crippen molar-refractivity contribution in [3.8, 4) is 0 Å². The van der Waals surface area contributed by atoms with Crippen LogP contribution in [0.5, 0.6) is 0 Å². The van der Waals surface area contributed by atoms with E-state index in [1.165, 1.54) is 12.1 Å². The predicted molar refractivity (Wildman–Crippen MR) is 90.2 cm³/mol. The van der Waals surface area contributed by atoms with E-state index in [4.69, 9.17) is 39.3 Å². The van der Waals surface area contributed by atoms with Crippen molar-refractivity contribution in [1.29, 1.82) is 0 Å². The van der Waals surface area contributed by atoms with Crippen LogP contribution in [-0.4, -0.2) is 12.4 Å². The van der Waals surface area contributed by atoms with Crippen LogP contribution in [0.3, 0.4) is 0 Å². The minimum Gasteiger partial charge on any atom is -0.288 e. The molecule has 0 aliphatic carbocycles. The van der Waals surface area contributed by atoms with E-state index in [0.717, 1.165) is 0 Å². The summed E-state index contributed by atoms with van der Waals surface area (Å²) >= 11 is 18.0. The molecule has 0 aliphatic rings. The van der Waals surface area contributed by atoms with Gasteiger partial charge in [-0.05, 0) is 35.8 Å². The first-order chi connectivity index (χ1) is 10.5. The second-order valence-electron chi connectivity index (χ2n) is 4.27. The fourth-order valence-corrected chi connectivity index (χ4v) is 3.85. The van der Waals surface area contributed by atoms with Crippen molar-refractivity contribution in [2.24, 2.45) is 0 Å². The Hall–Kier alpha value is -0.960. The number of halogens is 3. The lowest BCUT2D eigenvalue weighted by atomic mass is 10.0. The molecule has 0 aromatic heterocycles. The Kier molecular flexibility index (Phi) is 5.96. The van der Waals surface area contributed by atoms with Gasteiger partial charge in [-0.2, -0.15) is 0 Å². The Balaban J connectivity index is 2.54. The van der Waals surface area contributed by atoms with Crippen LogP contribution < -0.4 is 5.30 Å². The summed E-state index contributed by atoms with van der Waals surface area (Å²) in [5, 5.41) is 0.930. The Morgan fingerprint density at radius 1 is 1.14 bits per heavy atom. The van der Waals surface area contributed by atoms with Crippen LogP contribution in [0.2, 0.25) is 15.1 Å². The maximum Gasteiger partial charge on any atom is 0.549 e. The SMILES string of the molecule is CCO[P+](=O)c1ccccc1C(=O)c1c(Cl)cc(Cl)cc1Cl. The Morgan fingerprint density at radius 3 is 2.32 bits per heavy atom. The highest BCUT2D eigenvalue weighted by Gasteiger charge is 2.30. The van der Waals surface area contributed by atoms with Crippen molar-refractivity contribution >= 4 is 53.9 Å². The number of benzene rings is 2. The molecule has 2 aromatic rings. The van der Waals surface area contributed by atoms with Crippen LogP contribution in [0.15, 0.2) is 36.4 Å². The number of hydrogen-bond donors (Lipinski definition) is 0. The fraction of sp³-hybridized carbons (Fsp3) is 0.133. The highest BCUT2D eigenvalue weighted by molar-refractivity contribution is 7.48. The molecule has 0 N–H and O–H groups in total. The molecule has 1 unspecified atom stereocenters. The molecule has 0 amide bonds. The van der Waals surface area contributed by atoms with Crippen molar-refractivity contribution in [2.75, 3.05) is 6.61 Å². The van der Waals surface area contributed by atoms with E-state index < -0.39 is 13.8 Å². The highest BCUT2D eigenvalue weighted by atomic mass is 35.5. The van der Waals surface area contributed by atoms with Gasteiger partial charge in [-0.1, -0.05) is 46.9 Å². The molecule has 0 spiro atoms. The van der Waals surface area contributed by atoms with E-state index in [0.29, 0.717) is 10.3 Å². The van der Waals surface area contributed by atoms with E-state index in [1.54, 1.807) is 31.2 Å². The first-order valence-corrected chi connectivity index (χ1v) is 8.65.